The molecule has 3 nitrogen and oxygen atoms in total. The van der Waals surface area contributed by atoms with E-state index in [1.807, 2.05) is 26.1 Å². The molecule has 1 aromatic rings. The molecule has 0 saturated heterocycles. The predicted octanol–water partition coefficient (Wildman–Crippen LogP) is 2.39. The van der Waals surface area contributed by atoms with Gasteiger partial charge in [-0.05, 0) is 32.9 Å². The summed E-state index contributed by atoms with van der Waals surface area (Å²) < 4.78 is 0. The third kappa shape index (κ3) is 2.44. The average Bonchev–Trinajstić information content (AvgIpc) is 2.18. The summed E-state index contributed by atoms with van der Waals surface area (Å²) in [5.41, 5.74) is 0.989. The van der Waals surface area contributed by atoms with Crippen LogP contribution in [0.4, 0.5) is 5.82 Å². The molecule has 0 radical (unpaired) electrons. The molecule has 0 N–H and O–H groups in total. The molecule has 14 heavy (non-hydrogen) atoms. The first kappa shape index (κ1) is 11.4. The number of hydrogen-bond acceptors (Lipinski definition) is 3. The number of alkyl halides is 1. The lowest BCUT2D eigenvalue weighted by Gasteiger charge is -2.34. The van der Waals surface area contributed by atoms with Gasteiger partial charge in [-0.1, -0.05) is 15.9 Å². The number of nitrogens with zero attached hydrogens (tertiary/aromatic N) is 3. The minimum Gasteiger partial charge on any atom is -0.352 e. The van der Waals surface area contributed by atoms with Gasteiger partial charge >= 0.3 is 0 Å². The molecular weight excluding hydrogens is 242 g/mol. The van der Waals surface area contributed by atoms with Crippen molar-refractivity contribution >= 4 is 21.7 Å². The van der Waals surface area contributed by atoms with Crippen LogP contribution in [-0.4, -0.2) is 28.1 Å². The van der Waals surface area contributed by atoms with Gasteiger partial charge in [-0.2, -0.15) is 5.10 Å². The third-order valence-electron chi connectivity index (χ3n) is 2.36. The maximum absolute atomic E-state index is 4.15. The zero-order valence-electron chi connectivity index (χ0n) is 9.08. The van der Waals surface area contributed by atoms with E-state index >= 15 is 0 Å². The molecule has 1 aromatic heterocycles. The molecule has 0 amide bonds. The zero-order chi connectivity index (χ0) is 10.8. The predicted molar refractivity (Wildman–Crippen MR) is 63.0 cm³/mol. The molecule has 0 aromatic carbocycles. The molecule has 0 bridgehead atoms. The quantitative estimate of drug-likeness (QED) is 0.779. The van der Waals surface area contributed by atoms with Crippen LogP contribution < -0.4 is 4.90 Å². The monoisotopic (exact) mass is 257 g/mol. The van der Waals surface area contributed by atoms with Crippen molar-refractivity contribution in [3.05, 3.63) is 17.8 Å². The number of aryl methyl sites for hydroxylation is 1. The van der Waals surface area contributed by atoms with Gasteiger partial charge in [0, 0.05) is 17.9 Å². The SMILES string of the molecule is Cc1ccc(N(C)C(C)(C)CBr)nn1. The summed E-state index contributed by atoms with van der Waals surface area (Å²) in [5, 5.41) is 9.08. The maximum Gasteiger partial charge on any atom is 0.151 e. The highest BCUT2D eigenvalue weighted by molar-refractivity contribution is 9.09. The first-order valence-corrected chi connectivity index (χ1v) is 5.69. The van der Waals surface area contributed by atoms with Crippen LogP contribution in [0, 0.1) is 6.92 Å². The van der Waals surface area contributed by atoms with Crippen molar-refractivity contribution in [3.63, 3.8) is 0 Å². The van der Waals surface area contributed by atoms with Crippen LogP contribution in [0.3, 0.4) is 0 Å². The second-order valence-electron chi connectivity index (χ2n) is 4.04. The molecule has 1 rings (SSSR count). The molecule has 0 spiro atoms. The summed E-state index contributed by atoms with van der Waals surface area (Å²) in [4.78, 5) is 2.12. The Morgan fingerprint density at radius 2 is 2.00 bits per heavy atom. The van der Waals surface area contributed by atoms with Crippen LogP contribution >= 0.6 is 15.9 Å². The summed E-state index contributed by atoms with van der Waals surface area (Å²) in [7, 11) is 2.03. The first-order valence-electron chi connectivity index (χ1n) is 4.57. The van der Waals surface area contributed by atoms with E-state index in [1.165, 1.54) is 0 Å². The highest BCUT2D eigenvalue weighted by Gasteiger charge is 2.23. The molecule has 0 aliphatic rings. The minimum absolute atomic E-state index is 0.0456. The Labute approximate surface area is 93.7 Å². The van der Waals surface area contributed by atoms with Crippen molar-refractivity contribution < 1.29 is 0 Å². The van der Waals surface area contributed by atoms with E-state index in [-0.39, 0.29) is 5.54 Å². The van der Waals surface area contributed by atoms with Gasteiger partial charge in [0.25, 0.3) is 0 Å². The van der Waals surface area contributed by atoms with Crippen molar-refractivity contribution in [1.82, 2.24) is 10.2 Å². The zero-order valence-corrected chi connectivity index (χ0v) is 10.7. The van der Waals surface area contributed by atoms with Crippen molar-refractivity contribution in [2.75, 3.05) is 17.3 Å². The van der Waals surface area contributed by atoms with Crippen molar-refractivity contribution in [2.45, 2.75) is 26.3 Å². The number of anilines is 1. The van der Waals surface area contributed by atoms with Crippen LogP contribution in [0.5, 0.6) is 0 Å². The highest BCUT2D eigenvalue weighted by Crippen LogP contribution is 2.21. The van der Waals surface area contributed by atoms with Gasteiger partial charge in [0.2, 0.25) is 0 Å². The topological polar surface area (TPSA) is 29.0 Å². The van der Waals surface area contributed by atoms with Crippen LogP contribution in [0.1, 0.15) is 19.5 Å². The summed E-state index contributed by atoms with van der Waals surface area (Å²) in [6.07, 6.45) is 0. The average molecular weight is 258 g/mol. The number of halogens is 1. The van der Waals surface area contributed by atoms with Gasteiger partial charge in [0.1, 0.15) is 0 Å². The lowest BCUT2D eigenvalue weighted by Crippen LogP contribution is -2.43. The fourth-order valence-electron chi connectivity index (χ4n) is 0.971. The van der Waals surface area contributed by atoms with E-state index in [9.17, 15) is 0 Å². The normalized spacial score (nSPS) is 11.5. The van der Waals surface area contributed by atoms with E-state index in [2.05, 4.69) is 44.9 Å². The third-order valence-corrected chi connectivity index (χ3v) is 3.73. The van der Waals surface area contributed by atoms with Crippen LogP contribution in [-0.2, 0) is 0 Å². The summed E-state index contributed by atoms with van der Waals surface area (Å²) >= 11 is 3.49. The van der Waals surface area contributed by atoms with Crippen LogP contribution in [0.25, 0.3) is 0 Å². The smallest absolute Gasteiger partial charge is 0.151 e. The number of rotatable bonds is 3. The molecule has 78 valence electrons. The van der Waals surface area contributed by atoms with Gasteiger partial charge in [0.05, 0.1) is 5.69 Å². The highest BCUT2D eigenvalue weighted by atomic mass is 79.9. The van der Waals surface area contributed by atoms with E-state index in [1.54, 1.807) is 0 Å². The summed E-state index contributed by atoms with van der Waals surface area (Å²) in [6, 6.07) is 3.97. The Morgan fingerprint density at radius 3 is 2.43 bits per heavy atom. The molecule has 0 aliphatic heterocycles. The molecule has 0 fully saturated rings. The van der Waals surface area contributed by atoms with Gasteiger partial charge < -0.3 is 4.90 Å². The first-order chi connectivity index (χ1) is 6.47. The van der Waals surface area contributed by atoms with Gasteiger partial charge in [-0.15, -0.1) is 5.10 Å². The van der Waals surface area contributed by atoms with Gasteiger partial charge in [-0.25, -0.2) is 0 Å². The van der Waals surface area contributed by atoms with Gasteiger partial charge in [0.15, 0.2) is 5.82 Å². The summed E-state index contributed by atoms with van der Waals surface area (Å²) in [6.45, 7) is 6.25. The minimum atomic E-state index is 0.0456. The largest absolute Gasteiger partial charge is 0.352 e. The molecule has 0 atom stereocenters. The van der Waals surface area contributed by atoms with Crippen LogP contribution in [0.15, 0.2) is 12.1 Å². The molecule has 0 aliphatic carbocycles. The standard InChI is InChI=1S/C10H16BrN3/c1-8-5-6-9(13-12-8)14(4)10(2,3)7-11/h5-6H,7H2,1-4H3. The Balaban J connectivity index is 2.89. The Kier molecular flexibility index (Phi) is 3.48. The molecular formula is C10H16BrN3. The lowest BCUT2D eigenvalue weighted by molar-refractivity contribution is 0.544. The van der Waals surface area contributed by atoms with E-state index in [0.717, 1.165) is 16.8 Å². The molecule has 0 unspecified atom stereocenters. The van der Waals surface area contributed by atoms with Gasteiger partial charge in [-0.3, -0.25) is 0 Å². The second-order valence-corrected chi connectivity index (χ2v) is 4.60. The maximum atomic E-state index is 4.15. The second kappa shape index (κ2) is 4.26. The Morgan fingerprint density at radius 1 is 1.36 bits per heavy atom. The van der Waals surface area contributed by atoms with E-state index < -0.39 is 0 Å². The summed E-state index contributed by atoms with van der Waals surface area (Å²) in [5.74, 6) is 0.903. The van der Waals surface area contributed by atoms with Crippen LogP contribution in [0.2, 0.25) is 0 Å². The fraction of sp³-hybridized carbons (Fsp3) is 0.600. The van der Waals surface area contributed by atoms with Crippen molar-refractivity contribution in [3.8, 4) is 0 Å². The van der Waals surface area contributed by atoms with Crippen molar-refractivity contribution in [2.24, 2.45) is 0 Å². The fourth-order valence-corrected chi connectivity index (χ4v) is 1.35. The lowest BCUT2D eigenvalue weighted by atomic mass is 10.1. The molecule has 0 saturated carbocycles. The number of aromatic nitrogens is 2. The van der Waals surface area contributed by atoms with Crippen molar-refractivity contribution in [1.29, 1.82) is 0 Å². The van der Waals surface area contributed by atoms with E-state index in [0.29, 0.717) is 0 Å². The molecule has 1 heterocycles. The molecule has 4 heteroatoms. The van der Waals surface area contributed by atoms with E-state index in [4.69, 9.17) is 0 Å². The Hall–Kier alpha value is -0.640. The Bertz CT molecular complexity index is 295. The number of hydrogen-bond donors (Lipinski definition) is 0.